The molecule has 0 saturated carbocycles. The van der Waals surface area contributed by atoms with Gasteiger partial charge in [0.05, 0.1) is 10.6 Å². The molecule has 1 amide bonds. The van der Waals surface area contributed by atoms with Crippen LogP contribution in [0, 0.1) is 37.8 Å². The Balaban J connectivity index is 2.10. The minimum absolute atomic E-state index is 0.0865. The smallest absolute Gasteiger partial charge is 0.344 e. The van der Waals surface area contributed by atoms with Crippen LogP contribution in [0.3, 0.4) is 0 Å². The molecule has 1 aromatic carbocycles. The number of aromatic nitrogens is 1. The van der Waals surface area contributed by atoms with Crippen molar-refractivity contribution in [3.05, 3.63) is 50.4 Å². The molecule has 0 aliphatic rings. The van der Waals surface area contributed by atoms with E-state index in [1.165, 1.54) is 6.07 Å². The van der Waals surface area contributed by atoms with Gasteiger partial charge >= 0.3 is 5.97 Å². The van der Waals surface area contributed by atoms with Gasteiger partial charge in [-0.15, -0.1) is 0 Å². The number of nitrogens with zero attached hydrogens (tertiary/aromatic N) is 2. The zero-order valence-electron chi connectivity index (χ0n) is 14.2. The van der Waals surface area contributed by atoms with Crippen molar-refractivity contribution in [3.63, 3.8) is 0 Å². The Kier molecular flexibility index (Phi) is 5.16. The van der Waals surface area contributed by atoms with E-state index in [-0.39, 0.29) is 22.7 Å². The third kappa shape index (κ3) is 3.82. The fourth-order valence-electron chi connectivity index (χ4n) is 2.26. The van der Waals surface area contributed by atoms with E-state index in [1.54, 1.807) is 33.8 Å². The lowest BCUT2D eigenvalue weighted by atomic mass is 10.1. The molecule has 9 nitrogen and oxygen atoms in total. The van der Waals surface area contributed by atoms with E-state index in [1.807, 2.05) is 0 Å². The lowest BCUT2D eigenvalue weighted by Gasteiger charge is -2.11. The Morgan fingerprint density at radius 3 is 2.52 bits per heavy atom. The molecule has 1 aromatic heterocycles. The molecule has 0 aliphatic carbocycles. The number of rotatable bonds is 5. The van der Waals surface area contributed by atoms with Crippen LogP contribution in [-0.2, 0) is 9.53 Å². The van der Waals surface area contributed by atoms with Gasteiger partial charge in [-0.2, -0.15) is 0 Å². The van der Waals surface area contributed by atoms with Crippen LogP contribution in [0.4, 0.5) is 11.4 Å². The number of anilines is 1. The number of benzene rings is 1. The number of amides is 1. The highest BCUT2D eigenvalue weighted by atomic mass is 16.6. The van der Waals surface area contributed by atoms with Gasteiger partial charge in [-0.05, 0) is 38.8 Å². The number of carbonyl (C=O) groups excluding carboxylic acids is 2. The van der Waals surface area contributed by atoms with Crippen molar-refractivity contribution < 1.29 is 23.8 Å². The molecule has 132 valence electrons. The Morgan fingerprint density at radius 2 is 1.96 bits per heavy atom. The zero-order chi connectivity index (χ0) is 18.7. The average Bonchev–Trinajstić information content (AvgIpc) is 2.88. The number of esters is 1. The molecule has 0 saturated heterocycles. The maximum absolute atomic E-state index is 12.0. The molecule has 1 heterocycles. The molecule has 0 unspecified atom stereocenters. The third-order valence-corrected chi connectivity index (χ3v) is 3.75. The lowest BCUT2D eigenvalue weighted by molar-refractivity contribution is -0.384. The summed E-state index contributed by atoms with van der Waals surface area (Å²) in [7, 11) is 0. The number of carbonyl (C=O) groups is 2. The Labute approximate surface area is 143 Å². The highest BCUT2D eigenvalue weighted by molar-refractivity contribution is 5.98. The summed E-state index contributed by atoms with van der Waals surface area (Å²) in [6, 6.07) is 2.91. The summed E-state index contributed by atoms with van der Waals surface area (Å²) in [5.74, 6) is -1.15. The first-order chi connectivity index (χ1) is 11.7. The molecule has 0 fully saturated rings. The molecule has 0 bridgehead atoms. The molecular formula is C16H17N3O6. The summed E-state index contributed by atoms with van der Waals surface area (Å²) in [4.78, 5) is 34.6. The number of aryl methyl sites for hydroxylation is 3. The number of hydrogen-bond donors (Lipinski definition) is 1. The monoisotopic (exact) mass is 347 g/mol. The molecule has 2 rings (SSSR count). The average molecular weight is 347 g/mol. The number of hydrogen-bond acceptors (Lipinski definition) is 7. The Morgan fingerprint density at radius 1 is 1.28 bits per heavy atom. The first-order valence-corrected chi connectivity index (χ1v) is 7.36. The molecule has 0 atom stereocenters. The first kappa shape index (κ1) is 18.1. The maximum Gasteiger partial charge on any atom is 0.344 e. The molecule has 0 spiro atoms. The van der Waals surface area contributed by atoms with Crippen LogP contribution < -0.4 is 5.32 Å². The van der Waals surface area contributed by atoms with Gasteiger partial charge in [-0.3, -0.25) is 14.9 Å². The minimum atomic E-state index is -0.748. The molecule has 2 aromatic rings. The van der Waals surface area contributed by atoms with E-state index in [9.17, 15) is 19.7 Å². The number of nitro groups is 1. The predicted molar refractivity (Wildman–Crippen MR) is 87.5 cm³/mol. The standard InChI is InChI=1S/C16H17N3O6/c1-8-5-6-12(19(22)23)15(9(8)2)17-13(20)7-24-16(21)14-10(3)18-25-11(14)4/h5-6H,7H2,1-4H3,(H,17,20). The van der Waals surface area contributed by atoms with Crippen LogP contribution in [0.15, 0.2) is 16.7 Å². The molecule has 1 N–H and O–H groups in total. The van der Waals surface area contributed by atoms with Crippen LogP contribution in [0.5, 0.6) is 0 Å². The van der Waals surface area contributed by atoms with Crippen LogP contribution in [-0.4, -0.2) is 28.6 Å². The van der Waals surface area contributed by atoms with Gasteiger partial charge in [-0.1, -0.05) is 11.2 Å². The second-order valence-corrected chi connectivity index (χ2v) is 5.48. The summed E-state index contributed by atoms with van der Waals surface area (Å²) in [5.41, 5.74) is 1.73. The van der Waals surface area contributed by atoms with Crippen molar-refractivity contribution in [3.8, 4) is 0 Å². The highest BCUT2D eigenvalue weighted by Gasteiger charge is 2.22. The van der Waals surface area contributed by atoms with Crippen molar-refractivity contribution in [1.29, 1.82) is 0 Å². The molecule has 0 radical (unpaired) electrons. The van der Waals surface area contributed by atoms with Gasteiger partial charge in [-0.25, -0.2) is 4.79 Å². The SMILES string of the molecule is Cc1ccc([N+](=O)[O-])c(NC(=O)COC(=O)c2c(C)noc2C)c1C. The summed E-state index contributed by atoms with van der Waals surface area (Å²) >= 11 is 0. The Hall–Kier alpha value is -3.23. The zero-order valence-corrected chi connectivity index (χ0v) is 14.2. The number of ether oxygens (including phenoxy) is 1. The van der Waals surface area contributed by atoms with Gasteiger partial charge < -0.3 is 14.6 Å². The fourth-order valence-corrected chi connectivity index (χ4v) is 2.26. The van der Waals surface area contributed by atoms with E-state index in [4.69, 9.17) is 9.26 Å². The second-order valence-electron chi connectivity index (χ2n) is 5.48. The Bertz CT molecular complexity index is 836. The molecule has 25 heavy (non-hydrogen) atoms. The normalized spacial score (nSPS) is 10.4. The van der Waals surface area contributed by atoms with Crippen molar-refractivity contribution in [2.75, 3.05) is 11.9 Å². The summed E-state index contributed by atoms with van der Waals surface area (Å²) in [5, 5.41) is 17.2. The van der Waals surface area contributed by atoms with Gasteiger partial charge in [0.2, 0.25) is 0 Å². The van der Waals surface area contributed by atoms with Crippen LogP contribution in [0.25, 0.3) is 0 Å². The van der Waals surface area contributed by atoms with Gasteiger partial charge in [0.1, 0.15) is 17.0 Å². The van der Waals surface area contributed by atoms with E-state index < -0.39 is 23.4 Å². The highest BCUT2D eigenvalue weighted by Crippen LogP contribution is 2.30. The summed E-state index contributed by atoms with van der Waals surface area (Å²) in [6.07, 6.45) is 0. The van der Waals surface area contributed by atoms with Crippen molar-refractivity contribution in [1.82, 2.24) is 5.16 Å². The topological polar surface area (TPSA) is 125 Å². The molecule has 0 aliphatic heterocycles. The van der Waals surface area contributed by atoms with E-state index in [0.29, 0.717) is 11.3 Å². The van der Waals surface area contributed by atoms with E-state index in [0.717, 1.165) is 5.56 Å². The molecular weight excluding hydrogens is 330 g/mol. The number of nitro benzene ring substituents is 1. The second kappa shape index (κ2) is 7.12. The van der Waals surface area contributed by atoms with Crippen molar-refractivity contribution in [2.45, 2.75) is 27.7 Å². The third-order valence-electron chi connectivity index (χ3n) is 3.75. The number of nitrogens with one attached hydrogen (secondary N) is 1. The van der Waals surface area contributed by atoms with Gasteiger partial charge in [0.25, 0.3) is 11.6 Å². The van der Waals surface area contributed by atoms with Crippen LogP contribution >= 0.6 is 0 Å². The van der Waals surface area contributed by atoms with E-state index >= 15 is 0 Å². The lowest BCUT2D eigenvalue weighted by Crippen LogP contribution is -2.22. The van der Waals surface area contributed by atoms with Gasteiger partial charge in [0.15, 0.2) is 6.61 Å². The first-order valence-electron chi connectivity index (χ1n) is 7.36. The van der Waals surface area contributed by atoms with Crippen LogP contribution in [0.2, 0.25) is 0 Å². The molecule has 9 heteroatoms. The predicted octanol–water partition coefficient (Wildman–Crippen LogP) is 2.61. The van der Waals surface area contributed by atoms with Crippen molar-refractivity contribution >= 4 is 23.3 Å². The summed E-state index contributed by atoms with van der Waals surface area (Å²) in [6.45, 7) is 5.97. The van der Waals surface area contributed by atoms with Crippen LogP contribution in [0.1, 0.15) is 32.9 Å². The van der Waals surface area contributed by atoms with Gasteiger partial charge in [0, 0.05) is 6.07 Å². The quantitative estimate of drug-likeness (QED) is 0.500. The van der Waals surface area contributed by atoms with E-state index in [2.05, 4.69) is 10.5 Å². The minimum Gasteiger partial charge on any atom is -0.452 e. The maximum atomic E-state index is 12.0. The van der Waals surface area contributed by atoms with Crippen molar-refractivity contribution in [2.24, 2.45) is 0 Å². The summed E-state index contributed by atoms with van der Waals surface area (Å²) < 4.78 is 9.80. The largest absolute Gasteiger partial charge is 0.452 e. The fraction of sp³-hybridized carbons (Fsp3) is 0.312.